The van der Waals surface area contributed by atoms with E-state index in [-0.39, 0.29) is 5.97 Å². The zero-order valence-electron chi connectivity index (χ0n) is 11.4. The summed E-state index contributed by atoms with van der Waals surface area (Å²) in [5, 5.41) is 0. The normalized spacial score (nSPS) is 10.3. The van der Waals surface area contributed by atoms with Gasteiger partial charge in [-0.05, 0) is 48.7 Å². The van der Waals surface area contributed by atoms with Crippen molar-refractivity contribution in [1.29, 1.82) is 0 Å². The number of carbonyl (C=O) groups excluding carboxylic acids is 1. The Balaban J connectivity index is 2.27. The molecule has 19 heavy (non-hydrogen) atoms. The minimum absolute atomic E-state index is 0.219. The van der Waals surface area contributed by atoms with Crippen LogP contribution < -0.4 is 4.74 Å². The molecule has 0 aliphatic heterocycles. The van der Waals surface area contributed by atoms with Crippen molar-refractivity contribution >= 4 is 5.97 Å². The Morgan fingerprint density at radius 2 is 1.84 bits per heavy atom. The summed E-state index contributed by atoms with van der Waals surface area (Å²) in [4.78, 5) is 15.5. The molecule has 0 aliphatic carbocycles. The predicted octanol–water partition coefficient (Wildman–Crippen LogP) is 3.68. The van der Waals surface area contributed by atoms with Crippen LogP contribution in [-0.2, 0) is 4.79 Å². The van der Waals surface area contributed by atoms with Crippen molar-refractivity contribution < 1.29 is 9.53 Å². The fraction of sp³-hybridized carbons (Fsp3) is 0.250. The molecule has 1 aromatic carbocycles. The van der Waals surface area contributed by atoms with E-state index in [0.29, 0.717) is 12.2 Å². The SMILES string of the molecule is CCC(=O)Oc1ccc(-c2ccnc(C)c2C)cc1. The molecule has 0 bridgehead atoms. The fourth-order valence-electron chi connectivity index (χ4n) is 1.86. The van der Waals surface area contributed by atoms with E-state index in [1.165, 1.54) is 5.56 Å². The van der Waals surface area contributed by atoms with Crippen molar-refractivity contribution in [2.75, 3.05) is 0 Å². The second kappa shape index (κ2) is 5.65. The number of carbonyl (C=O) groups is 1. The number of aromatic nitrogens is 1. The van der Waals surface area contributed by atoms with E-state index < -0.39 is 0 Å². The molecule has 3 heteroatoms. The Labute approximate surface area is 113 Å². The summed E-state index contributed by atoms with van der Waals surface area (Å²) in [5.74, 6) is 0.364. The molecule has 0 radical (unpaired) electrons. The van der Waals surface area contributed by atoms with Crippen molar-refractivity contribution in [2.45, 2.75) is 27.2 Å². The first-order valence-electron chi connectivity index (χ1n) is 6.35. The maximum absolute atomic E-state index is 11.2. The molecular formula is C16H17NO2. The number of benzene rings is 1. The highest BCUT2D eigenvalue weighted by atomic mass is 16.5. The summed E-state index contributed by atoms with van der Waals surface area (Å²) in [5.41, 5.74) is 4.44. The molecule has 0 amide bonds. The Kier molecular flexibility index (Phi) is 3.95. The second-order valence-corrected chi connectivity index (χ2v) is 4.42. The monoisotopic (exact) mass is 255 g/mol. The van der Waals surface area contributed by atoms with Gasteiger partial charge in [-0.15, -0.1) is 0 Å². The number of pyridine rings is 1. The second-order valence-electron chi connectivity index (χ2n) is 4.42. The average Bonchev–Trinajstić information content (AvgIpc) is 2.43. The predicted molar refractivity (Wildman–Crippen MR) is 75.1 cm³/mol. The topological polar surface area (TPSA) is 39.2 Å². The minimum atomic E-state index is -0.219. The highest BCUT2D eigenvalue weighted by Crippen LogP contribution is 2.26. The Morgan fingerprint density at radius 1 is 1.16 bits per heavy atom. The number of aryl methyl sites for hydroxylation is 1. The van der Waals surface area contributed by atoms with Gasteiger partial charge in [-0.3, -0.25) is 9.78 Å². The average molecular weight is 255 g/mol. The Morgan fingerprint density at radius 3 is 2.47 bits per heavy atom. The van der Waals surface area contributed by atoms with Gasteiger partial charge in [-0.1, -0.05) is 19.1 Å². The number of hydrogen-bond acceptors (Lipinski definition) is 3. The molecule has 1 heterocycles. The van der Waals surface area contributed by atoms with Crippen LogP contribution >= 0.6 is 0 Å². The molecule has 0 atom stereocenters. The Bertz CT molecular complexity index is 588. The van der Waals surface area contributed by atoms with Gasteiger partial charge in [0.25, 0.3) is 0 Å². The maximum Gasteiger partial charge on any atom is 0.310 e. The van der Waals surface area contributed by atoms with E-state index >= 15 is 0 Å². The van der Waals surface area contributed by atoms with Gasteiger partial charge in [0.1, 0.15) is 5.75 Å². The van der Waals surface area contributed by atoms with Crippen molar-refractivity contribution in [1.82, 2.24) is 4.98 Å². The van der Waals surface area contributed by atoms with Crippen LogP contribution in [0.5, 0.6) is 5.75 Å². The highest BCUT2D eigenvalue weighted by molar-refractivity contribution is 5.73. The van der Waals surface area contributed by atoms with Gasteiger partial charge in [0.15, 0.2) is 0 Å². The largest absolute Gasteiger partial charge is 0.427 e. The smallest absolute Gasteiger partial charge is 0.310 e. The van der Waals surface area contributed by atoms with Gasteiger partial charge in [-0.25, -0.2) is 0 Å². The van der Waals surface area contributed by atoms with E-state index in [4.69, 9.17) is 4.74 Å². The first-order chi connectivity index (χ1) is 9.11. The van der Waals surface area contributed by atoms with Gasteiger partial charge >= 0.3 is 5.97 Å². The number of nitrogens with zero attached hydrogens (tertiary/aromatic N) is 1. The number of ether oxygens (including phenoxy) is 1. The lowest BCUT2D eigenvalue weighted by Gasteiger charge is -2.09. The van der Waals surface area contributed by atoms with E-state index in [1.54, 1.807) is 6.92 Å². The van der Waals surface area contributed by atoms with Crippen LogP contribution in [0.25, 0.3) is 11.1 Å². The van der Waals surface area contributed by atoms with Gasteiger partial charge in [0.2, 0.25) is 0 Å². The summed E-state index contributed by atoms with van der Waals surface area (Å²) in [7, 11) is 0. The van der Waals surface area contributed by atoms with E-state index in [2.05, 4.69) is 11.9 Å². The van der Waals surface area contributed by atoms with Crippen LogP contribution in [0.15, 0.2) is 36.5 Å². The first kappa shape index (κ1) is 13.3. The summed E-state index contributed by atoms with van der Waals surface area (Å²) < 4.78 is 5.16. The van der Waals surface area contributed by atoms with Crippen molar-refractivity contribution in [3.8, 4) is 16.9 Å². The molecule has 0 saturated carbocycles. The molecule has 98 valence electrons. The molecule has 0 spiro atoms. The molecule has 0 unspecified atom stereocenters. The van der Waals surface area contributed by atoms with Crippen molar-refractivity contribution in [3.05, 3.63) is 47.8 Å². The fourth-order valence-corrected chi connectivity index (χ4v) is 1.86. The highest BCUT2D eigenvalue weighted by Gasteiger charge is 2.06. The maximum atomic E-state index is 11.2. The third kappa shape index (κ3) is 2.99. The van der Waals surface area contributed by atoms with Gasteiger partial charge in [-0.2, -0.15) is 0 Å². The minimum Gasteiger partial charge on any atom is -0.427 e. The molecular weight excluding hydrogens is 238 g/mol. The number of hydrogen-bond donors (Lipinski definition) is 0. The van der Waals surface area contributed by atoms with E-state index in [9.17, 15) is 4.79 Å². The van der Waals surface area contributed by atoms with Crippen molar-refractivity contribution in [2.24, 2.45) is 0 Å². The zero-order chi connectivity index (χ0) is 13.8. The molecule has 0 aliphatic rings. The first-order valence-corrected chi connectivity index (χ1v) is 6.35. The van der Waals surface area contributed by atoms with Crippen LogP contribution in [0.3, 0.4) is 0 Å². The Hall–Kier alpha value is -2.16. The molecule has 0 saturated heterocycles. The van der Waals surface area contributed by atoms with Crippen LogP contribution in [0.1, 0.15) is 24.6 Å². The van der Waals surface area contributed by atoms with E-state index in [0.717, 1.165) is 16.8 Å². The molecule has 0 N–H and O–H groups in total. The lowest BCUT2D eigenvalue weighted by atomic mass is 10.0. The molecule has 1 aromatic heterocycles. The lowest BCUT2D eigenvalue weighted by molar-refractivity contribution is -0.134. The van der Waals surface area contributed by atoms with Gasteiger partial charge < -0.3 is 4.74 Å². The van der Waals surface area contributed by atoms with E-state index in [1.807, 2.05) is 43.5 Å². The van der Waals surface area contributed by atoms with Crippen LogP contribution in [0.2, 0.25) is 0 Å². The zero-order valence-corrected chi connectivity index (χ0v) is 11.4. The van der Waals surface area contributed by atoms with Crippen LogP contribution in [0.4, 0.5) is 0 Å². The lowest BCUT2D eigenvalue weighted by Crippen LogP contribution is -2.05. The summed E-state index contributed by atoms with van der Waals surface area (Å²) in [6, 6.07) is 9.55. The third-order valence-electron chi connectivity index (χ3n) is 3.14. The van der Waals surface area contributed by atoms with Crippen molar-refractivity contribution in [3.63, 3.8) is 0 Å². The molecule has 3 nitrogen and oxygen atoms in total. The standard InChI is InChI=1S/C16H17NO2/c1-4-16(18)19-14-7-5-13(6-8-14)15-9-10-17-12(3)11(15)2/h5-10H,4H2,1-3H3. The van der Waals surface area contributed by atoms with Gasteiger partial charge in [0, 0.05) is 18.3 Å². The molecule has 2 aromatic rings. The molecule has 0 fully saturated rings. The van der Waals surface area contributed by atoms with Crippen LogP contribution in [0, 0.1) is 13.8 Å². The van der Waals surface area contributed by atoms with Crippen LogP contribution in [-0.4, -0.2) is 11.0 Å². The summed E-state index contributed by atoms with van der Waals surface area (Å²) in [6.07, 6.45) is 2.19. The summed E-state index contributed by atoms with van der Waals surface area (Å²) >= 11 is 0. The van der Waals surface area contributed by atoms with Gasteiger partial charge in [0.05, 0.1) is 0 Å². The quantitative estimate of drug-likeness (QED) is 0.620. The summed E-state index contributed by atoms with van der Waals surface area (Å²) in [6.45, 7) is 5.83. The number of esters is 1. The molecule has 2 rings (SSSR count). The third-order valence-corrected chi connectivity index (χ3v) is 3.14. The number of rotatable bonds is 3.